The second kappa shape index (κ2) is 8.52. The van der Waals surface area contributed by atoms with Crippen molar-refractivity contribution >= 4 is 29.2 Å². The first-order chi connectivity index (χ1) is 13.4. The van der Waals surface area contributed by atoms with Crippen LogP contribution in [0.25, 0.3) is 0 Å². The molecule has 1 amide bonds. The number of piperazine rings is 1. The van der Waals surface area contributed by atoms with Crippen molar-refractivity contribution in [1.29, 1.82) is 0 Å². The van der Waals surface area contributed by atoms with Gasteiger partial charge in [-0.2, -0.15) is 0 Å². The molecular weight excluding hydrogens is 380 g/mol. The van der Waals surface area contributed by atoms with Crippen molar-refractivity contribution in [3.05, 3.63) is 59.1 Å². The van der Waals surface area contributed by atoms with Gasteiger partial charge in [-0.1, -0.05) is 29.8 Å². The zero-order chi connectivity index (χ0) is 20.3. The van der Waals surface area contributed by atoms with Crippen LogP contribution in [-0.4, -0.2) is 53.7 Å². The molecule has 2 aromatic rings. The third kappa shape index (κ3) is 4.39. The topological polar surface area (TPSA) is 70.1 Å². The Morgan fingerprint density at radius 3 is 2.46 bits per heavy atom. The van der Waals surface area contributed by atoms with E-state index in [1.165, 1.54) is 11.0 Å². The number of para-hydroxylation sites is 1. The van der Waals surface area contributed by atoms with Crippen LogP contribution >= 0.6 is 11.6 Å². The van der Waals surface area contributed by atoms with Crippen molar-refractivity contribution in [2.75, 3.05) is 24.5 Å². The van der Waals surface area contributed by atoms with Crippen LogP contribution in [0.2, 0.25) is 5.02 Å². The molecule has 0 aliphatic carbocycles. The molecule has 1 unspecified atom stereocenters. The Labute approximate surface area is 169 Å². The quantitative estimate of drug-likeness (QED) is 0.828. The maximum atomic E-state index is 13.0. The van der Waals surface area contributed by atoms with E-state index < -0.39 is 12.0 Å². The molecule has 0 bridgehead atoms. The average Bonchev–Trinajstić information content (AvgIpc) is 2.69. The number of rotatable bonds is 5. The van der Waals surface area contributed by atoms with E-state index in [4.69, 9.17) is 16.3 Å². The fraction of sp³-hybridized carbons (Fsp3) is 0.333. The van der Waals surface area contributed by atoms with Crippen molar-refractivity contribution in [1.82, 2.24) is 4.90 Å². The maximum Gasteiger partial charge on any atom is 0.328 e. The zero-order valence-electron chi connectivity index (χ0n) is 15.8. The van der Waals surface area contributed by atoms with Crippen LogP contribution in [0, 0.1) is 0 Å². The minimum Gasteiger partial charge on any atom is -0.489 e. The zero-order valence-corrected chi connectivity index (χ0v) is 16.6. The summed E-state index contributed by atoms with van der Waals surface area (Å²) < 4.78 is 5.59. The Balaban J connectivity index is 1.79. The second-order valence-electron chi connectivity index (χ2n) is 6.95. The van der Waals surface area contributed by atoms with Crippen molar-refractivity contribution in [3.8, 4) is 5.75 Å². The minimum absolute atomic E-state index is 0.0403. The van der Waals surface area contributed by atoms with Gasteiger partial charge in [0.1, 0.15) is 11.8 Å². The third-order valence-electron chi connectivity index (χ3n) is 4.59. The summed E-state index contributed by atoms with van der Waals surface area (Å²) in [7, 11) is 0. The predicted molar refractivity (Wildman–Crippen MR) is 108 cm³/mol. The van der Waals surface area contributed by atoms with Crippen LogP contribution in [-0.2, 0) is 4.79 Å². The Morgan fingerprint density at radius 1 is 1.14 bits per heavy atom. The molecule has 1 aliphatic heterocycles. The molecular formula is C21H23ClN2O4. The average molecular weight is 403 g/mol. The standard InChI is InChI=1S/C21H23ClN2O4/c1-14(2)28-19-9-8-15(12-17(19)22)20(25)24-11-10-23(13-18(24)21(26)27)16-6-4-3-5-7-16/h3-9,12,14,18H,10-11,13H2,1-2H3,(H,26,27). The third-order valence-corrected chi connectivity index (χ3v) is 4.88. The van der Waals surface area contributed by atoms with E-state index in [-0.39, 0.29) is 18.6 Å². The molecule has 6 nitrogen and oxygen atoms in total. The van der Waals surface area contributed by atoms with E-state index in [2.05, 4.69) is 0 Å². The second-order valence-corrected chi connectivity index (χ2v) is 7.35. The molecule has 28 heavy (non-hydrogen) atoms. The SMILES string of the molecule is CC(C)Oc1ccc(C(=O)N2CCN(c3ccccc3)CC2C(=O)O)cc1Cl. The number of ether oxygens (including phenoxy) is 1. The fourth-order valence-corrected chi connectivity index (χ4v) is 3.48. The molecule has 7 heteroatoms. The van der Waals surface area contributed by atoms with Crippen LogP contribution < -0.4 is 9.64 Å². The van der Waals surface area contributed by atoms with Gasteiger partial charge in [0.2, 0.25) is 0 Å². The highest BCUT2D eigenvalue weighted by atomic mass is 35.5. The largest absolute Gasteiger partial charge is 0.489 e. The van der Waals surface area contributed by atoms with Crippen molar-refractivity contribution in [3.63, 3.8) is 0 Å². The van der Waals surface area contributed by atoms with Gasteiger partial charge in [0.25, 0.3) is 5.91 Å². The fourth-order valence-electron chi connectivity index (χ4n) is 3.26. The highest BCUT2D eigenvalue weighted by Gasteiger charge is 2.36. The Kier molecular flexibility index (Phi) is 6.09. The number of amides is 1. The summed E-state index contributed by atoms with van der Waals surface area (Å²) in [6.07, 6.45) is -0.0403. The molecule has 2 aromatic carbocycles. The summed E-state index contributed by atoms with van der Waals surface area (Å²) in [5, 5.41) is 10.0. The van der Waals surface area contributed by atoms with Gasteiger partial charge in [-0.3, -0.25) is 4.79 Å². The van der Waals surface area contributed by atoms with Gasteiger partial charge in [-0.15, -0.1) is 0 Å². The number of hydrogen-bond acceptors (Lipinski definition) is 4. The Morgan fingerprint density at radius 2 is 1.86 bits per heavy atom. The molecule has 1 fully saturated rings. The van der Waals surface area contributed by atoms with Crippen LogP contribution in [0.3, 0.4) is 0 Å². The summed E-state index contributed by atoms with van der Waals surface area (Å²) in [5.41, 5.74) is 1.29. The summed E-state index contributed by atoms with van der Waals surface area (Å²) in [5.74, 6) is -0.880. The molecule has 0 spiro atoms. The van der Waals surface area contributed by atoms with Gasteiger partial charge in [0, 0.05) is 30.9 Å². The van der Waals surface area contributed by atoms with Gasteiger partial charge in [0.15, 0.2) is 0 Å². The molecule has 1 heterocycles. The molecule has 0 saturated carbocycles. The van der Waals surface area contributed by atoms with E-state index in [1.54, 1.807) is 12.1 Å². The first-order valence-corrected chi connectivity index (χ1v) is 9.54. The normalized spacial score (nSPS) is 16.9. The summed E-state index contributed by atoms with van der Waals surface area (Å²) in [4.78, 5) is 28.2. The lowest BCUT2D eigenvalue weighted by Crippen LogP contribution is -2.58. The van der Waals surface area contributed by atoms with Crippen molar-refractivity contribution in [2.24, 2.45) is 0 Å². The molecule has 0 aromatic heterocycles. The first kappa shape index (κ1) is 20.0. The number of anilines is 1. The van der Waals surface area contributed by atoms with Gasteiger partial charge < -0.3 is 19.6 Å². The van der Waals surface area contributed by atoms with E-state index in [0.29, 0.717) is 29.4 Å². The maximum absolute atomic E-state index is 13.0. The Bertz CT molecular complexity index is 857. The minimum atomic E-state index is -1.03. The number of carboxylic acid groups (broad SMARTS) is 1. The number of halogens is 1. The number of carboxylic acids is 1. The highest BCUT2D eigenvalue weighted by molar-refractivity contribution is 6.32. The van der Waals surface area contributed by atoms with Gasteiger partial charge in [-0.05, 0) is 44.2 Å². The number of hydrogen-bond donors (Lipinski definition) is 1. The lowest BCUT2D eigenvalue weighted by molar-refractivity contribution is -0.142. The van der Waals surface area contributed by atoms with Crippen LogP contribution in [0.1, 0.15) is 24.2 Å². The van der Waals surface area contributed by atoms with E-state index in [1.807, 2.05) is 49.1 Å². The Hall–Kier alpha value is -2.73. The number of carbonyl (C=O) groups excluding carboxylic acids is 1. The van der Waals surface area contributed by atoms with Crippen LogP contribution in [0.5, 0.6) is 5.75 Å². The lowest BCUT2D eigenvalue weighted by Gasteiger charge is -2.40. The number of aliphatic carboxylic acids is 1. The lowest BCUT2D eigenvalue weighted by atomic mass is 10.1. The summed E-state index contributed by atoms with van der Waals surface area (Å²) >= 11 is 6.24. The monoisotopic (exact) mass is 402 g/mol. The number of nitrogens with zero attached hydrogens (tertiary/aromatic N) is 2. The van der Waals surface area contributed by atoms with Crippen molar-refractivity contribution < 1.29 is 19.4 Å². The molecule has 1 aliphatic rings. The smallest absolute Gasteiger partial charge is 0.328 e. The first-order valence-electron chi connectivity index (χ1n) is 9.17. The van der Waals surface area contributed by atoms with Crippen LogP contribution in [0.15, 0.2) is 48.5 Å². The predicted octanol–water partition coefficient (Wildman–Crippen LogP) is 3.54. The number of carbonyl (C=O) groups is 2. The molecule has 1 atom stereocenters. The van der Waals surface area contributed by atoms with Crippen LogP contribution in [0.4, 0.5) is 5.69 Å². The highest BCUT2D eigenvalue weighted by Crippen LogP contribution is 2.28. The van der Waals surface area contributed by atoms with E-state index >= 15 is 0 Å². The molecule has 3 rings (SSSR count). The van der Waals surface area contributed by atoms with Gasteiger partial charge in [-0.25, -0.2) is 4.79 Å². The van der Waals surface area contributed by atoms with E-state index in [0.717, 1.165) is 5.69 Å². The molecule has 0 radical (unpaired) electrons. The van der Waals surface area contributed by atoms with Crippen molar-refractivity contribution in [2.45, 2.75) is 26.0 Å². The molecule has 1 N–H and O–H groups in total. The van der Waals surface area contributed by atoms with Gasteiger partial charge >= 0.3 is 5.97 Å². The molecule has 1 saturated heterocycles. The summed E-state index contributed by atoms with van der Waals surface area (Å²) in [6, 6.07) is 13.5. The number of benzene rings is 2. The van der Waals surface area contributed by atoms with Gasteiger partial charge in [0.05, 0.1) is 11.1 Å². The van der Waals surface area contributed by atoms with E-state index in [9.17, 15) is 14.7 Å². The molecule has 148 valence electrons. The summed E-state index contributed by atoms with van der Waals surface area (Å²) in [6.45, 7) is 4.87.